The van der Waals surface area contributed by atoms with Crippen molar-refractivity contribution in [1.29, 1.82) is 0 Å². The third-order valence-electron chi connectivity index (χ3n) is 23.5. The van der Waals surface area contributed by atoms with Crippen LogP contribution in [0.1, 0.15) is 122 Å². The van der Waals surface area contributed by atoms with Gasteiger partial charge >= 0.3 is 0 Å². The second kappa shape index (κ2) is 18.8. The van der Waals surface area contributed by atoms with Gasteiger partial charge in [-0.3, -0.25) is 0 Å². The van der Waals surface area contributed by atoms with Gasteiger partial charge in [0.25, 0.3) is 0 Å². The topological polar surface area (TPSA) is 31.6 Å². The number of fused-ring (bicyclic) bond motifs is 20. The predicted octanol–water partition coefficient (Wildman–Crippen LogP) is 23.6. The molecule has 0 spiro atoms. The van der Waals surface area contributed by atoms with Crippen LogP contribution in [-0.4, -0.2) is 6.79 Å². The van der Waals surface area contributed by atoms with Gasteiger partial charge in [0.15, 0.2) is 11.5 Å². The van der Waals surface area contributed by atoms with Crippen LogP contribution < -0.4 is 9.47 Å². The van der Waals surface area contributed by atoms with Crippen molar-refractivity contribution in [1.82, 2.24) is 0 Å². The molecule has 95 heavy (non-hydrogen) atoms. The molecule has 0 fully saturated rings. The van der Waals surface area contributed by atoms with Gasteiger partial charge in [0.05, 0.1) is 5.41 Å². The van der Waals surface area contributed by atoms with E-state index in [2.05, 4.69) is 310 Å². The molecule has 14 aromatic rings. The first-order chi connectivity index (χ1) is 46.1. The molecule has 454 valence electrons. The van der Waals surface area contributed by atoms with Gasteiger partial charge in [0.2, 0.25) is 6.79 Å². The van der Waals surface area contributed by atoms with Crippen molar-refractivity contribution < 1.29 is 13.9 Å². The van der Waals surface area contributed by atoms with Gasteiger partial charge in [0.1, 0.15) is 11.2 Å². The molecule has 6 aliphatic rings. The van der Waals surface area contributed by atoms with Crippen molar-refractivity contribution in [2.24, 2.45) is 0 Å². The summed E-state index contributed by atoms with van der Waals surface area (Å²) in [7, 11) is 0. The summed E-state index contributed by atoms with van der Waals surface area (Å²) in [6, 6.07) is 97.9. The average Bonchev–Trinajstić information content (AvgIpc) is 1.53. The van der Waals surface area contributed by atoms with E-state index in [-0.39, 0.29) is 28.5 Å². The van der Waals surface area contributed by atoms with E-state index in [1.54, 1.807) is 0 Å². The summed E-state index contributed by atoms with van der Waals surface area (Å²) in [5, 5.41) is 2.17. The molecule has 0 saturated carbocycles. The van der Waals surface area contributed by atoms with Crippen LogP contribution in [0.2, 0.25) is 0 Å². The zero-order valence-electron chi connectivity index (χ0n) is 54.7. The van der Waals surface area contributed by atoms with Gasteiger partial charge in [-0.1, -0.05) is 250 Å². The first-order valence-electron chi connectivity index (χ1n) is 33.8. The Kier molecular flexibility index (Phi) is 10.8. The third kappa shape index (κ3) is 7.05. The van der Waals surface area contributed by atoms with Crippen LogP contribution in [-0.2, 0) is 27.1 Å². The molecule has 20 rings (SSSR count). The van der Waals surface area contributed by atoms with E-state index in [0.29, 0.717) is 0 Å². The number of para-hydroxylation sites is 1. The maximum atomic E-state index is 6.97. The molecule has 3 nitrogen and oxygen atoms in total. The van der Waals surface area contributed by atoms with Crippen LogP contribution in [0.5, 0.6) is 11.5 Å². The monoisotopic (exact) mass is 1220 g/mol. The summed E-state index contributed by atoms with van der Waals surface area (Å²) in [6.07, 6.45) is 0. The number of benzene rings is 13. The lowest BCUT2D eigenvalue weighted by Gasteiger charge is -2.36. The molecule has 13 aromatic carbocycles. The molecule has 0 bridgehead atoms. The molecule has 0 unspecified atom stereocenters. The summed E-state index contributed by atoms with van der Waals surface area (Å²) in [6.45, 7) is 19.3. The maximum Gasteiger partial charge on any atom is 0.231 e. The van der Waals surface area contributed by atoms with E-state index in [1.807, 2.05) is 0 Å². The highest BCUT2D eigenvalue weighted by atomic mass is 16.7. The summed E-state index contributed by atoms with van der Waals surface area (Å²) in [4.78, 5) is 0. The Balaban J connectivity index is 0.984. The quantitative estimate of drug-likeness (QED) is 0.166. The van der Waals surface area contributed by atoms with Gasteiger partial charge in [0, 0.05) is 32.4 Å². The average molecular weight is 1220 g/mol. The molecule has 0 N–H and O–H groups in total. The van der Waals surface area contributed by atoms with Crippen LogP contribution in [0.4, 0.5) is 0 Å². The van der Waals surface area contributed by atoms with E-state index in [0.717, 1.165) is 83.5 Å². The molecule has 0 amide bonds. The Morgan fingerprint density at radius 1 is 0.253 bits per heavy atom. The lowest BCUT2D eigenvalue weighted by Crippen LogP contribution is -2.29. The number of hydrogen-bond acceptors (Lipinski definition) is 3. The maximum absolute atomic E-state index is 6.97. The number of furan rings is 1. The minimum absolute atomic E-state index is 0.137. The van der Waals surface area contributed by atoms with Gasteiger partial charge in [-0.2, -0.15) is 0 Å². The number of ether oxygens (including phenoxy) is 2. The third-order valence-corrected chi connectivity index (χ3v) is 23.5. The van der Waals surface area contributed by atoms with E-state index in [1.165, 1.54) is 117 Å². The number of hydrogen-bond donors (Lipinski definition) is 0. The van der Waals surface area contributed by atoms with Gasteiger partial charge in [-0.15, -0.1) is 0 Å². The standard InChI is InChI=1S/C92H68O3/c1-88(2)68-32-14-9-23-62(68)82-58(28-19-36-72(82)88)52-43-53(59-29-20-37-73-83(59)63-24-10-15-33-69(63)89(73,3)4)46-56(45-52)92(76-41-42-79-87(66-27-13-18-40-78(66)95-79)86(76)67-49-80-81(50-77(67)92)94-51-93-80)57-47-54(60-30-21-38-74-84(60)64-25-11-16-34-70(64)90(74,5)6)44-55(48-57)61-31-22-39-75-85(61)65-26-12-17-35-71(65)91(75,7)8/h9-50H,51H2,1-8H3. The summed E-state index contributed by atoms with van der Waals surface area (Å²) >= 11 is 0. The Morgan fingerprint density at radius 2 is 0.600 bits per heavy atom. The lowest BCUT2D eigenvalue weighted by atomic mass is 9.65. The van der Waals surface area contributed by atoms with Crippen LogP contribution in [0.15, 0.2) is 259 Å². The van der Waals surface area contributed by atoms with Crippen molar-refractivity contribution in [3.8, 4) is 112 Å². The SMILES string of the molecule is CC1(C)c2ccccc2-c2c(-c3cc(-c4cccc5c4-c4ccccc4C5(C)C)cc(C4(c5cc(-c6cccc7c6-c6ccccc6C7(C)C)cc(-c6cccc7c6-c6ccccc6C7(C)C)c5)c5cc6c(cc5-c5c4ccc4oc7ccccc7c54)OCO6)c3)cccc21. The highest BCUT2D eigenvalue weighted by molar-refractivity contribution is 6.16. The van der Waals surface area contributed by atoms with Gasteiger partial charge in [-0.25, -0.2) is 0 Å². The van der Waals surface area contributed by atoms with E-state index < -0.39 is 5.41 Å². The molecule has 0 saturated heterocycles. The van der Waals surface area contributed by atoms with Crippen LogP contribution in [0, 0.1) is 0 Å². The van der Waals surface area contributed by atoms with Gasteiger partial charge < -0.3 is 13.9 Å². The molecule has 2 heterocycles. The van der Waals surface area contributed by atoms with Gasteiger partial charge in [-0.05, 0) is 228 Å². The molecule has 5 aliphatic carbocycles. The van der Waals surface area contributed by atoms with E-state index in [9.17, 15) is 0 Å². The molecular formula is C92H68O3. The van der Waals surface area contributed by atoms with Crippen LogP contribution in [0.3, 0.4) is 0 Å². The Bertz CT molecular complexity index is 5260. The first kappa shape index (κ1) is 54.8. The predicted molar refractivity (Wildman–Crippen MR) is 389 cm³/mol. The van der Waals surface area contributed by atoms with Crippen molar-refractivity contribution in [2.75, 3.05) is 6.79 Å². The van der Waals surface area contributed by atoms with E-state index in [4.69, 9.17) is 13.9 Å². The lowest BCUT2D eigenvalue weighted by molar-refractivity contribution is 0.174. The number of rotatable bonds is 6. The van der Waals surface area contributed by atoms with E-state index >= 15 is 0 Å². The Hall–Kier alpha value is -10.7. The molecule has 1 aromatic heterocycles. The van der Waals surface area contributed by atoms with Crippen LogP contribution >= 0.6 is 0 Å². The van der Waals surface area contributed by atoms with Crippen molar-refractivity contribution in [2.45, 2.75) is 82.5 Å². The fourth-order valence-corrected chi connectivity index (χ4v) is 19.1. The molecule has 0 radical (unpaired) electrons. The summed E-state index contributed by atoms with van der Waals surface area (Å²) in [5.41, 5.74) is 37.2. The highest BCUT2D eigenvalue weighted by Crippen LogP contribution is 2.65. The summed E-state index contributed by atoms with van der Waals surface area (Å²) in [5.74, 6) is 1.48. The van der Waals surface area contributed by atoms with Crippen molar-refractivity contribution in [3.05, 3.63) is 322 Å². The minimum Gasteiger partial charge on any atom is -0.456 e. The molecule has 0 atom stereocenters. The fraction of sp³-hybridized carbons (Fsp3) is 0.152. The fourth-order valence-electron chi connectivity index (χ4n) is 19.1. The second-order valence-corrected chi connectivity index (χ2v) is 29.7. The highest BCUT2D eigenvalue weighted by Gasteiger charge is 2.51. The molecule has 3 heteroatoms. The summed E-state index contributed by atoms with van der Waals surface area (Å²) < 4.78 is 20.2. The van der Waals surface area contributed by atoms with Crippen molar-refractivity contribution in [3.63, 3.8) is 0 Å². The Morgan fingerprint density at radius 3 is 1.01 bits per heavy atom. The largest absolute Gasteiger partial charge is 0.456 e. The second-order valence-electron chi connectivity index (χ2n) is 29.7. The normalized spacial score (nSPS) is 16.3. The minimum atomic E-state index is -1.04. The smallest absolute Gasteiger partial charge is 0.231 e. The zero-order valence-corrected chi connectivity index (χ0v) is 54.7. The zero-order chi connectivity index (χ0) is 63.8. The van der Waals surface area contributed by atoms with Crippen LogP contribution in [0.25, 0.3) is 122 Å². The molecule has 1 aliphatic heterocycles. The first-order valence-corrected chi connectivity index (χ1v) is 33.8. The van der Waals surface area contributed by atoms with Crippen molar-refractivity contribution >= 4 is 21.9 Å². The molecular weight excluding hydrogens is 1150 g/mol. The Labute approximate surface area is 555 Å².